The fraction of sp³-hybridized carbons (Fsp3) is 0.545. The third kappa shape index (κ3) is 5.02. The second kappa shape index (κ2) is 9.49. The Kier molecular flexibility index (Phi) is 7.01. The molecule has 2 aliphatic rings. The normalized spacial score (nSPS) is 26.8. The van der Waals surface area contributed by atoms with Gasteiger partial charge in [0.15, 0.2) is 0 Å². The number of carbonyl (C=O) groups is 1. The van der Waals surface area contributed by atoms with E-state index in [-0.39, 0.29) is 36.0 Å². The van der Waals surface area contributed by atoms with E-state index in [1.807, 2.05) is 17.9 Å². The van der Waals surface area contributed by atoms with Crippen LogP contribution in [-0.4, -0.2) is 59.9 Å². The van der Waals surface area contributed by atoms with Crippen molar-refractivity contribution in [2.75, 3.05) is 19.6 Å². The van der Waals surface area contributed by atoms with Gasteiger partial charge in [0, 0.05) is 37.4 Å². The molecule has 1 aromatic rings. The lowest BCUT2D eigenvalue weighted by Gasteiger charge is -2.31. The number of rotatable bonds is 8. The highest BCUT2D eigenvalue weighted by Crippen LogP contribution is 2.25. The molecule has 29 heavy (non-hydrogen) atoms. The fourth-order valence-corrected chi connectivity index (χ4v) is 4.45. The number of aldehydes is 1. The van der Waals surface area contributed by atoms with Crippen molar-refractivity contribution in [3.63, 3.8) is 0 Å². The maximum atomic E-state index is 13.5. The lowest BCUT2D eigenvalue weighted by atomic mass is 10.1. The Morgan fingerprint density at radius 1 is 1.55 bits per heavy atom. The van der Waals surface area contributed by atoms with Crippen LogP contribution >= 0.6 is 0 Å². The van der Waals surface area contributed by atoms with Crippen LogP contribution in [0.25, 0.3) is 0 Å². The number of nitrogens with two attached hydrogens (primary N) is 1. The number of nitrogens with one attached hydrogen (secondary N) is 1. The van der Waals surface area contributed by atoms with E-state index in [1.54, 1.807) is 6.07 Å². The fourth-order valence-electron chi connectivity index (χ4n) is 4.45. The third-order valence-electron chi connectivity index (χ3n) is 6.07. The number of carbonyl (C=O) groups excluding carboxylic acids is 1. The molecule has 5 unspecified atom stereocenters. The van der Waals surface area contributed by atoms with Gasteiger partial charge in [-0.05, 0) is 43.9 Å². The highest BCUT2D eigenvalue weighted by Gasteiger charge is 2.35. The Labute approximate surface area is 172 Å². The van der Waals surface area contributed by atoms with E-state index in [2.05, 4.69) is 22.9 Å². The molecule has 1 aromatic carbocycles. The van der Waals surface area contributed by atoms with Crippen LogP contribution in [0.2, 0.25) is 0 Å². The summed E-state index contributed by atoms with van der Waals surface area (Å²) < 4.78 is 13.5. The van der Waals surface area contributed by atoms with Crippen molar-refractivity contribution in [1.82, 2.24) is 15.1 Å². The van der Waals surface area contributed by atoms with Crippen LogP contribution in [0.3, 0.4) is 0 Å². The van der Waals surface area contributed by atoms with Crippen molar-refractivity contribution >= 4 is 6.29 Å². The average Bonchev–Trinajstić information content (AvgIpc) is 3.33. The Bertz CT molecular complexity index is 779. The zero-order chi connectivity index (χ0) is 21.0. The van der Waals surface area contributed by atoms with Crippen LogP contribution in [0.4, 0.5) is 4.39 Å². The van der Waals surface area contributed by atoms with Gasteiger partial charge in [-0.15, -0.1) is 0 Å². The van der Waals surface area contributed by atoms with Crippen LogP contribution in [-0.2, 0) is 4.79 Å². The van der Waals surface area contributed by atoms with E-state index in [4.69, 9.17) is 5.73 Å². The van der Waals surface area contributed by atoms with Crippen molar-refractivity contribution in [3.05, 3.63) is 47.9 Å². The number of likely N-dealkylation sites (tertiary alicyclic amines) is 2. The molecule has 3 N–H and O–H groups in total. The molecule has 3 rings (SSSR count). The van der Waals surface area contributed by atoms with E-state index in [0.717, 1.165) is 36.9 Å². The molecule has 2 fully saturated rings. The molecule has 2 aliphatic heterocycles. The van der Waals surface area contributed by atoms with Gasteiger partial charge in [0.05, 0.1) is 18.2 Å². The summed E-state index contributed by atoms with van der Waals surface area (Å²) in [7, 11) is 0. The predicted octanol–water partition coefficient (Wildman–Crippen LogP) is 1.95. The Morgan fingerprint density at radius 3 is 3.03 bits per heavy atom. The number of nitrogens with zero attached hydrogens (tertiary/aromatic N) is 3. The summed E-state index contributed by atoms with van der Waals surface area (Å²) in [4.78, 5) is 15.7. The molecule has 0 aliphatic carbocycles. The van der Waals surface area contributed by atoms with Gasteiger partial charge in [-0.25, -0.2) is 4.39 Å². The zero-order valence-electron chi connectivity index (χ0n) is 16.9. The molecule has 7 heteroatoms. The van der Waals surface area contributed by atoms with Gasteiger partial charge in [0.1, 0.15) is 18.1 Å². The van der Waals surface area contributed by atoms with Crippen LogP contribution in [0.1, 0.15) is 37.8 Å². The lowest BCUT2D eigenvalue weighted by molar-refractivity contribution is -0.111. The second-order valence-corrected chi connectivity index (χ2v) is 8.11. The molecule has 2 heterocycles. The van der Waals surface area contributed by atoms with E-state index in [9.17, 15) is 14.4 Å². The topological polar surface area (TPSA) is 85.4 Å². The quantitative estimate of drug-likeness (QED) is 0.650. The van der Waals surface area contributed by atoms with Crippen molar-refractivity contribution in [1.29, 1.82) is 5.26 Å². The monoisotopic (exact) mass is 399 g/mol. The Balaban J connectivity index is 1.58. The summed E-state index contributed by atoms with van der Waals surface area (Å²) in [6.07, 6.45) is 3.46. The summed E-state index contributed by atoms with van der Waals surface area (Å²) in [6.45, 7) is 8.13. The molecule has 6 nitrogen and oxygen atoms in total. The summed E-state index contributed by atoms with van der Waals surface area (Å²) in [5.74, 6) is -0.253. The molecular formula is C22H30FN5O. The summed E-state index contributed by atoms with van der Waals surface area (Å²) in [6, 6.07) is 8.27. The minimum Gasteiger partial charge on any atom is -0.358 e. The summed E-state index contributed by atoms with van der Waals surface area (Å²) in [5.41, 5.74) is 8.04. The molecule has 5 atom stereocenters. The number of hydrogen-bond acceptors (Lipinski definition) is 6. The number of hydrogen-bond donors (Lipinski definition) is 2. The predicted molar refractivity (Wildman–Crippen MR) is 110 cm³/mol. The number of nitriles is 1. The van der Waals surface area contributed by atoms with E-state index in [1.165, 1.54) is 12.1 Å². The van der Waals surface area contributed by atoms with Crippen LogP contribution < -0.4 is 11.1 Å². The molecule has 0 spiro atoms. The van der Waals surface area contributed by atoms with E-state index in [0.29, 0.717) is 19.5 Å². The standard InChI is InChI=1S/C22H30FN5O/c1-15(17-5-3-6-18(23)9-17)26-19-10-21(14-29)27(12-19)13-22(25)16(2)28-8-4-7-20(28)11-24/h3,5-6,9,14-15,19-22,26H,2,4,7-8,10,12-13,25H2,1H3. The first-order valence-electron chi connectivity index (χ1n) is 10.2. The largest absolute Gasteiger partial charge is 0.358 e. The van der Waals surface area contributed by atoms with Crippen LogP contribution in [0, 0.1) is 17.1 Å². The number of benzene rings is 1. The van der Waals surface area contributed by atoms with E-state index >= 15 is 0 Å². The Morgan fingerprint density at radius 2 is 2.34 bits per heavy atom. The molecular weight excluding hydrogens is 369 g/mol. The first kappa shape index (κ1) is 21.4. The van der Waals surface area contributed by atoms with Crippen molar-refractivity contribution in [3.8, 4) is 6.07 Å². The molecule has 0 aromatic heterocycles. The highest BCUT2D eigenvalue weighted by atomic mass is 19.1. The van der Waals surface area contributed by atoms with Crippen LogP contribution in [0.5, 0.6) is 0 Å². The van der Waals surface area contributed by atoms with Gasteiger partial charge in [-0.1, -0.05) is 18.7 Å². The van der Waals surface area contributed by atoms with Gasteiger partial charge in [-0.2, -0.15) is 5.26 Å². The smallest absolute Gasteiger partial charge is 0.137 e. The molecule has 0 radical (unpaired) electrons. The number of halogens is 1. The maximum Gasteiger partial charge on any atom is 0.137 e. The lowest BCUT2D eigenvalue weighted by Crippen LogP contribution is -2.46. The van der Waals surface area contributed by atoms with Gasteiger partial charge < -0.3 is 20.7 Å². The second-order valence-electron chi connectivity index (χ2n) is 8.11. The summed E-state index contributed by atoms with van der Waals surface area (Å²) >= 11 is 0. The average molecular weight is 400 g/mol. The molecule has 0 bridgehead atoms. The molecule has 0 saturated carbocycles. The minimum atomic E-state index is -0.328. The molecule has 156 valence electrons. The molecule has 0 amide bonds. The van der Waals surface area contributed by atoms with Gasteiger partial charge >= 0.3 is 0 Å². The van der Waals surface area contributed by atoms with Gasteiger partial charge in [0.25, 0.3) is 0 Å². The van der Waals surface area contributed by atoms with Crippen molar-refractivity contribution in [2.45, 2.75) is 56.4 Å². The Hall–Kier alpha value is -2.27. The van der Waals surface area contributed by atoms with Crippen LogP contribution in [0.15, 0.2) is 36.5 Å². The first-order chi connectivity index (χ1) is 13.9. The van der Waals surface area contributed by atoms with Gasteiger partial charge in [0.2, 0.25) is 0 Å². The van der Waals surface area contributed by atoms with E-state index < -0.39 is 0 Å². The maximum absolute atomic E-state index is 13.5. The third-order valence-corrected chi connectivity index (χ3v) is 6.07. The van der Waals surface area contributed by atoms with Crippen molar-refractivity contribution in [2.24, 2.45) is 5.73 Å². The minimum absolute atomic E-state index is 0.0208. The van der Waals surface area contributed by atoms with Crippen molar-refractivity contribution < 1.29 is 9.18 Å². The summed E-state index contributed by atoms with van der Waals surface area (Å²) in [5, 5.41) is 12.8. The zero-order valence-corrected chi connectivity index (χ0v) is 16.9. The first-order valence-corrected chi connectivity index (χ1v) is 10.2. The van der Waals surface area contributed by atoms with Gasteiger partial charge in [-0.3, -0.25) is 4.90 Å². The SMILES string of the molecule is C=C(C(N)CN1CC(NC(C)c2cccc(F)c2)CC1C=O)N1CCCC1C#N. The molecule has 2 saturated heterocycles. The highest BCUT2D eigenvalue weighted by molar-refractivity contribution is 5.58.